The molecule has 1 atom stereocenters. The number of aromatic nitrogens is 3. The van der Waals surface area contributed by atoms with Crippen LogP contribution in [0.2, 0.25) is 0 Å². The highest BCUT2D eigenvalue weighted by molar-refractivity contribution is 5.68. The fourth-order valence-corrected chi connectivity index (χ4v) is 2.67. The van der Waals surface area contributed by atoms with Gasteiger partial charge in [-0.1, -0.05) is 0 Å². The van der Waals surface area contributed by atoms with E-state index in [9.17, 15) is 18.3 Å². The number of benzene rings is 1. The van der Waals surface area contributed by atoms with E-state index in [0.717, 1.165) is 11.6 Å². The lowest BCUT2D eigenvalue weighted by molar-refractivity contribution is -0.138. The van der Waals surface area contributed by atoms with Crippen molar-refractivity contribution in [3.8, 4) is 17.0 Å². The molecule has 0 spiro atoms. The van der Waals surface area contributed by atoms with Crippen molar-refractivity contribution in [1.82, 2.24) is 15.0 Å². The topological polar surface area (TPSA) is 92.2 Å². The molecule has 2 aromatic heterocycles. The van der Waals surface area contributed by atoms with Gasteiger partial charge < -0.3 is 20.5 Å². The number of alkyl halides is 3. The minimum Gasteiger partial charge on any atom is -0.496 e. The van der Waals surface area contributed by atoms with Gasteiger partial charge in [-0.15, -0.1) is 0 Å². The zero-order chi connectivity index (χ0) is 21.7. The van der Waals surface area contributed by atoms with Gasteiger partial charge in [0.25, 0.3) is 0 Å². The molecule has 0 saturated heterocycles. The summed E-state index contributed by atoms with van der Waals surface area (Å²) in [7, 11) is 1.18. The Kier molecular flexibility index (Phi) is 6.36. The normalized spacial score (nSPS) is 12.3. The van der Waals surface area contributed by atoms with E-state index < -0.39 is 11.7 Å². The molecule has 3 N–H and O–H groups in total. The molecule has 0 unspecified atom stereocenters. The third-order valence-electron chi connectivity index (χ3n) is 4.13. The standard InChI is InChI=1S/C20H20F3N5O2/c1-12(11-29)25-19-27-16(13-5-7-24-8-6-13)10-18(28-19)26-14-3-4-17(30-2)15(9-14)20(21,22)23/h3-10,12,29H,11H2,1-2H3,(H2,25,26,27,28)/t12-/m1/s1. The SMILES string of the molecule is COc1ccc(Nc2cc(-c3ccncc3)nc(N[C@H](C)CO)n2)cc1C(F)(F)F. The first kappa shape index (κ1) is 21.3. The van der Waals surface area contributed by atoms with Crippen LogP contribution in [0.15, 0.2) is 48.8 Å². The van der Waals surface area contributed by atoms with Crippen molar-refractivity contribution in [1.29, 1.82) is 0 Å². The van der Waals surface area contributed by atoms with Crippen molar-refractivity contribution < 1.29 is 23.0 Å². The molecule has 3 aromatic rings. The summed E-state index contributed by atoms with van der Waals surface area (Å²) in [6.45, 7) is 1.60. The number of aliphatic hydroxyl groups is 1. The maximum absolute atomic E-state index is 13.3. The Hall–Kier alpha value is -3.40. The summed E-state index contributed by atoms with van der Waals surface area (Å²) in [5.74, 6) is 0.230. The van der Waals surface area contributed by atoms with Crippen LogP contribution in [0.5, 0.6) is 5.75 Å². The predicted octanol–water partition coefficient (Wildman–Crippen LogP) is 4.10. The Morgan fingerprint density at radius 1 is 1.10 bits per heavy atom. The first-order chi connectivity index (χ1) is 14.3. The highest BCUT2D eigenvalue weighted by Crippen LogP contribution is 2.38. The number of hydrogen-bond donors (Lipinski definition) is 3. The lowest BCUT2D eigenvalue weighted by Gasteiger charge is -2.16. The van der Waals surface area contributed by atoms with Gasteiger partial charge in [0.1, 0.15) is 11.6 Å². The first-order valence-corrected chi connectivity index (χ1v) is 8.99. The van der Waals surface area contributed by atoms with E-state index in [1.165, 1.54) is 19.2 Å². The van der Waals surface area contributed by atoms with E-state index in [4.69, 9.17) is 4.74 Å². The van der Waals surface area contributed by atoms with E-state index in [0.29, 0.717) is 5.69 Å². The summed E-state index contributed by atoms with van der Waals surface area (Å²) in [6, 6.07) is 8.46. The third kappa shape index (κ3) is 5.15. The molecule has 0 amide bonds. The number of hydrogen-bond acceptors (Lipinski definition) is 7. The molecule has 1 aromatic carbocycles. The number of pyridine rings is 1. The summed E-state index contributed by atoms with van der Waals surface area (Å²) in [5, 5.41) is 15.1. The molecular weight excluding hydrogens is 399 g/mol. The highest BCUT2D eigenvalue weighted by atomic mass is 19.4. The third-order valence-corrected chi connectivity index (χ3v) is 4.13. The second-order valence-electron chi connectivity index (χ2n) is 6.46. The number of halogens is 3. The molecule has 3 rings (SSSR count). The van der Waals surface area contributed by atoms with Gasteiger partial charge in [-0.2, -0.15) is 18.2 Å². The van der Waals surface area contributed by atoms with Gasteiger partial charge in [0.15, 0.2) is 0 Å². The summed E-state index contributed by atoms with van der Waals surface area (Å²) < 4.78 is 44.8. The van der Waals surface area contributed by atoms with E-state index in [1.807, 2.05) is 0 Å². The fraction of sp³-hybridized carbons (Fsp3) is 0.250. The Bertz CT molecular complexity index is 999. The van der Waals surface area contributed by atoms with Crippen LogP contribution in [-0.4, -0.2) is 39.8 Å². The van der Waals surface area contributed by atoms with Crippen LogP contribution < -0.4 is 15.4 Å². The molecule has 0 aliphatic heterocycles. The average molecular weight is 419 g/mol. The lowest BCUT2D eigenvalue weighted by atomic mass is 10.1. The van der Waals surface area contributed by atoms with Gasteiger partial charge in [0.05, 0.1) is 25.0 Å². The average Bonchev–Trinajstić information content (AvgIpc) is 2.73. The van der Waals surface area contributed by atoms with E-state index in [2.05, 4.69) is 25.6 Å². The van der Waals surface area contributed by atoms with Gasteiger partial charge in [-0.05, 0) is 37.3 Å². The number of aliphatic hydroxyl groups excluding tert-OH is 1. The largest absolute Gasteiger partial charge is 0.496 e. The number of nitrogens with one attached hydrogen (secondary N) is 2. The minimum atomic E-state index is -4.57. The monoisotopic (exact) mass is 419 g/mol. The zero-order valence-corrected chi connectivity index (χ0v) is 16.2. The van der Waals surface area contributed by atoms with Crippen molar-refractivity contribution in [2.75, 3.05) is 24.4 Å². The zero-order valence-electron chi connectivity index (χ0n) is 16.2. The second-order valence-corrected chi connectivity index (χ2v) is 6.46. The molecule has 0 aliphatic rings. The number of anilines is 3. The van der Waals surface area contributed by atoms with E-state index >= 15 is 0 Å². The van der Waals surface area contributed by atoms with Gasteiger partial charge in [-0.25, -0.2) is 4.98 Å². The molecule has 0 saturated carbocycles. The Morgan fingerprint density at radius 2 is 1.83 bits per heavy atom. The van der Waals surface area contributed by atoms with Crippen LogP contribution in [0, 0.1) is 0 Å². The van der Waals surface area contributed by atoms with Crippen LogP contribution in [0.3, 0.4) is 0 Å². The van der Waals surface area contributed by atoms with Crippen molar-refractivity contribution >= 4 is 17.5 Å². The molecule has 0 radical (unpaired) electrons. The molecule has 30 heavy (non-hydrogen) atoms. The molecule has 7 nitrogen and oxygen atoms in total. The van der Waals surface area contributed by atoms with E-state index in [1.54, 1.807) is 37.5 Å². The van der Waals surface area contributed by atoms with E-state index in [-0.39, 0.29) is 35.9 Å². The molecule has 2 heterocycles. The van der Waals surface area contributed by atoms with Crippen LogP contribution in [0.4, 0.5) is 30.6 Å². The number of methoxy groups -OCH3 is 1. The molecular formula is C20H20F3N5O2. The number of rotatable bonds is 7. The molecule has 10 heteroatoms. The van der Waals surface area contributed by atoms with Gasteiger partial charge >= 0.3 is 6.18 Å². The fourth-order valence-electron chi connectivity index (χ4n) is 2.67. The van der Waals surface area contributed by atoms with Crippen LogP contribution in [0.25, 0.3) is 11.3 Å². The summed E-state index contributed by atoms with van der Waals surface area (Å²) in [4.78, 5) is 12.7. The van der Waals surface area contributed by atoms with Crippen LogP contribution in [0.1, 0.15) is 12.5 Å². The molecule has 158 valence electrons. The summed E-state index contributed by atoms with van der Waals surface area (Å²) in [6.07, 6.45) is -1.36. The van der Waals surface area contributed by atoms with Crippen LogP contribution in [-0.2, 0) is 6.18 Å². The van der Waals surface area contributed by atoms with Crippen molar-refractivity contribution in [2.24, 2.45) is 0 Å². The Morgan fingerprint density at radius 3 is 2.47 bits per heavy atom. The number of ether oxygens (including phenoxy) is 1. The quantitative estimate of drug-likeness (QED) is 0.531. The first-order valence-electron chi connectivity index (χ1n) is 8.99. The van der Waals surface area contributed by atoms with Crippen molar-refractivity contribution in [3.63, 3.8) is 0 Å². The Balaban J connectivity index is 2.00. The minimum absolute atomic E-state index is 0.140. The maximum Gasteiger partial charge on any atom is 0.420 e. The predicted molar refractivity (Wildman–Crippen MR) is 107 cm³/mol. The van der Waals surface area contributed by atoms with Gasteiger partial charge in [-0.3, -0.25) is 4.98 Å². The van der Waals surface area contributed by atoms with Crippen molar-refractivity contribution in [2.45, 2.75) is 19.1 Å². The molecule has 0 fully saturated rings. The second kappa shape index (κ2) is 8.95. The lowest BCUT2D eigenvalue weighted by Crippen LogP contribution is -2.21. The molecule has 0 aliphatic carbocycles. The molecule has 0 bridgehead atoms. The number of nitrogens with zero attached hydrogens (tertiary/aromatic N) is 3. The van der Waals surface area contributed by atoms with Crippen molar-refractivity contribution in [3.05, 3.63) is 54.4 Å². The highest BCUT2D eigenvalue weighted by Gasteiger charge is 2.34. The van der Waals surface area contributed by atoms with Gasteiger partial charge in [0, 0.05) is 35.8 Å². The maximum atomic E-state index is 13.3. The summed E-state index contributed by atoms with van der Waals surface area (Å²) >= 11 is 0. The smallest absolute Gasteiger partial charge is 0.420 e. The van der Waals surface area contributed by atoms with Gasteiger partial charge in [0.2, 0.25) is 5.95 Å². The Labute approximate surface area is 171 Å². The summed E-state index contributed by atoms with van der Waals surface area (Å²) in [5.41, 5.74) is 0.572. The van der Waals surface area contributed by atoms with Crippen LogP contribution >= 0.6 is 0 Å².